The van der Waals surface area contributed by atoms with Gasteiger partial charge in [-0.3, -0.25) is 0 Å². The first-order valence-electron chi connectivity index (χ1n) is 6.51. The predicted molar refractivity (Wildman–Crippen MR) is 76.4 cm³/mol. The summed E-state index contributed by atoms with van der Waals surface area (Å²) in [5.41, 5.74) is 0.918. The molecule has 1 unspecified atom stereocenters. The lowest BCUT2D eigenvalue weighted by Gasteiger charge is -2.23. The summed E-state index contributed by atoms with van der Waals surface area (Å²) in [7, 11) is 0. The van der Waals surface area contributed by atoms with Crippen molar-refractivity contribution in [3.05, 3.63) is 16.4 Å². The van der Waals surface area contributed by atoms with E-state index in [0.717, 1.165) is 30.6 Å². The average molecular weight is 288 g/mol. The standard InChI is InChI=1S/C13H19Cl2N3/c1-9(2)10-4-3-6-18(7-5-10)11-8-12(14)16-17-13(11)15/h8-10H,3-7H2,1-2H3. The molecule has 0 aromatic carbocycles. The molecule has 0 spiro atoms. The van der Waals surface area contributed by atoms with E-state index in [1.54, 1.807) is 0 Å². The first-order chi connectivity index (χ1) is 8.58. The van der Waals surface area contributed by atoms with Crippen LogP contribution in [0.1, 0.15) is 33.1 Å². The van der Waals surface area contributed by atoms with E-state index in [1.807, 2.05) is 6.07 Å². The molecule has 2 rings (SSSR count). The molecule has 3 nitrogen and oxygen atoms in total. The molecule has 5 heteroatoms. The van der Waals surface area contributed by atoms with Gasteiger partial charge in [0.25, 0.3) is 0 Å². The van der Waals surface area contributed by atoms with Crippen molar-refractivity contribution >= 4 is 28.9 Å². The SMILES string of the molecule is CC(C)C1CCCN(c2cc(Cl)nnc2Cl)CC1. The number of halogens is 2. The van der Waals surface area contributed by atoms with Crippen LogP contribution < -0.4 is 4.90 Å². The lowest BCUT2D eigenvalue weighted by molar-refractivity contribution is 0.351. The first kappa shape index (κ1) is 13.9. The maximum atomic E-state index is 6.11. The second-order valence-corrected chi connectivity index (χ2v) is 6.01. The summed E-state index contributed by atoms with van der Waals surface area (Å²) >= 11 is 12.0. The molecule has 0 radical (unpaired) electrons. The highest BCUT2D eigenvalue weighted by Gasteiger charge is 2.21. The highest BCUT2D eigenvalue weighted by Crippen LogP contribution is 2.30. The van der Waals surface area contributed by atoms with Gasteiger partial charge in [-0.25, -0.2) is 0 Å². The van der Waals surface area contributed by atoms with Gasteiger partial charge >= 0.3 is 0 Å². The molecule has 1 saturated heterocycles. The first-order valence-corrected chi connectivity index (χ1v) is 7.27. The molecule has 18 heavy (non-hydrogen) atoms. The molecule has 0 aliphatic carbocycles. The van der Waals surface area contributed by atoms with Crippen molar-refractivity contribution in [1.82, 2.24) is 10.2 Å². The highest BCUT2D eigenvalue weighted by atomic mass is 35.5. The third-order valence-electron chi connectivity index (χ3n) is 3.76. The molecule has 0 amide bonds. The van der Waals surface area contributed by atoms with E-state index >= 15 is 0 Å². The maximum Gasteiger partial charge on any atom is 0.175 e. The summed E-state index contributed by atoms with van der Waals surface area (Å²) in [6.07, 6.45) is 3.69. The smallest absolute Gasteiger partial charge is 0.175 e. The van der Waals surface area contributed by atoms with Gasteiger partial charge < -0.3 is 4.90 Å². The zero-order valence-electron chi connectivity index (χ0n) is 10.9. The highest BCUT2D eigenvalue weighted by molar-refractivity contribution is 6.33. The number of anilines is 1. The van der Waals surface area contributed by atoms with Crippen LogP contribution in [0.2, 0.25) is 10.3 Å². The largest absolute Gasteiger partial charge is 0.369 e. The van der Waals surface area contributed by atoms with Gasteiger partial charge in [-0.15, -0.1) is 10.2 Å². The molecule has 0 saturated carbocycles. The van der Waals surface area contributed by atoms with Crippen LogP contribution in [0, 0.1) is 11.8 Å². The maximum absolute atomic E-state index is 6.11. The molecule has 100 valence electrons. The Morgan fingerprint density at radius 3 is 2.72 bits per heavy atom. The van der Waals surface area contributed by atoms with Gasteiger partial charge in [0.1, 0.15) is 0 Å². The minimum absolute atomic E-state index is 0.402. The fourth-order valence-electron chi connectivity index (χ4n) is 2.60. The van der Waals surface area contributed by atoms with Crippen molar-refractivity contribution in [2.24, 2.45) is 11.8 Å². The minimum atomic E-state index is 0.402. The summed E-state index contributed by atoms with van der Waals surface area (Å²) < 4.78 is 0. The Morgan fingerprint density at radius 2 is 2.00 bits per heavy atom. The van der Waals surface area contributed by atoms with E-state index in [2.05, 4.69) is 28.9 Å². The lowest BCUT2D eigenvalue weighted by Crippen LogP contribution is -2.25. The van der Waals surface area contributed by atoms with Gasteiger partial charge in [-0.1, -0.05) is 37.0 Å². The van der Waals surface area contributed by atoms with Gasteiger partial charge in [0.05, 0.1) is 5.69 Å². The van der Waals surface area contributed by atoms with Crippen LogP contribution in [0.15, 0.2) is 6.07 Å². The Labute approximate surface area is 118 Å². The Hall–Kier alpha value is -0.540. The molecule has 1 fully saturated rings. The minimum Gasteiger partial charge on any atom is -0.369 e. The van der Waals surface area contributed by atoms with E-state index in [1.165, 1.54) is 19.3 Å². The fourth-order valence-corrected chi connectivity index (χ4v) is 2.95. The van der Waals surface area contributed by atoms with Crippen LogP contribution in [-0.4, -0.2) is 23.3 Å². The van der Waals surface area contributed by atoms with E-state index in [4.69, 9.17) is 23.2 Å². The second kappa shape index (κ2) is 6.07. The topological polar surface area (TPSA) is 29.0 Å². The van der Waals surface area contributed by atoms with Crippen LogP contribution >= 0.6 is 23.2 Å². The number of rotatable bonds is 2. The van der Waals surface area contributed by atoms with Crippen LogP contribution in [0.4, 0.5) is 5.69 Å². The van der Waals surface area contributed by atoms with E-state index < -0.39 is 0 Å². The Bertz CT molecular complexity index is 409. The van der Waals surface area contributed by atoms with Gasteiger partial charge in [0.2, 0.25) is 0 Å². The molecule has 1 atom stereocenters. The fraction of sp³-hybridized carbons (Fsp3) is 0.692. The molecule has 1 aliphatic heterocycles. The molecule has 1 aliphatic rings. The van der Waals surface area contributed by atoms with Crippen molar-refractivity contribution in [3.8, 4) is 0 Å². The summed E-state index contributed by atoms with van der Waals surface area (Å²) in [5.74, 6) is 1.55. The van der Waals surface area contributed by atoms with Crippen molar-refractivity contribution in [3.63, 3.8) is 0 Å². The van der Waals surface area contributed by atoms with E-state index in [0.29, 0.717) is 10.3 Å². The quantitative estimate of drug-likeness (QED) is 0.822. The van der Waals surface area contributed by atoms with Crippen molar-refractivity contribution in [1.29, 1.82) is 0 Å². The summed E-state index contributed by atoms with van der Waals surface area (Å²) in [6.45, 7) is 6.64. The monoisotopic (exact) mass is 287 g/mol. The molecule has 0 N–H and O–H groups in total. The van der Waals surface area contributed by atoms with E-state index in [-0.39, 0.29) is 0 Å². The molecular formula is C13H19Cl2N3. The van der Waals surface area contributed by atoms with Crippen LogP contribution in [0.5, 0.6) is 0 Å². The summed E-state index contributed by atoms with van der Waals surface area (Å²) in [6, 6.07) is 1.81. The van der Waals surface area contributed by atoms with Crippen molar-refractivity contribution in [2.45, 2.75) is 33.1 Å². The Balaban J connectivity index is 2.12. The Kier molecular flexibility index (Phi) is 4.68. The average Bonchev–Trinajstić information content (AvgIpc) is 2.58. The second-order valence-electron chi connectivity index (χ2n) is 5.27. The van der Waals surface area contributed by atoms with Crippen molar-refractivity contribution < 1.29 is 0 Å². The number of hydrogen-bond acceptors (Lipinski definition) is 3. The van der Waals surface area contributed by atoms with Crippen LogP contribution in [-0.2, 0) is 0 Å². The molecule has 1 aromatic heterocycles. The Morgan fingerprint density at radius 1 is 1.22 bits per heavy atom. The molecule has 0 bridgehead atoms. The third kappa shape index (κ3) is 3.27. The zero-order chi connectivity index (χ0) is 13.1. The lowest BCUT2D eigenvalue weighted by atomic mass is 9.89. The zero-order valence-corrected chi connectivity index (χ0v) is 12.4. The summed E-state index contributed by atoms with van der Waals surface area (Å²) in [5, 5.41) is 8.49. The summed E-state index contributed by atoms with van der Waals surface area (Å²) in [4.78, 5) is 2.28. The number of hydrogen-bond donors (Lipinski definition) is 0. The van der Waals surface area contributed by atoms with Gasteiger partial charge in [-0.2, -0.15) is 0 Å². The number of nitrogens with zero attached hydrogens (tertiary/aromatic N) is 3. The van der Waals surface area contributed by atoms with Gasteiger partial charge in [0.15, 0.2) is 10.3 Å². The number of aromatic nitrogens is 2. The van der Waals surface area contributed by atoms with Crippen molar-refractivity contribution in [2.75, 3.05) is 18.0 Å². The van der Waals surface area contributed by atoms with Gasteiger partial charge in [-0.05, 0) is 31.1 Å². The van der Waals surface area contributed by atoms with Gasteiger partial charge in [0, 0.05) is 19.2 Å². The third-order valence-corrected chi connectivity index (χ3v) is 4.21. The van der Waals surface area contributed by atoms with E-state index in [9.17, 15) is 0 Å². The molecular weight excluding hydrogens is 269 g/mol. The molecule has 2 heterocycles. The van der Waals surface area contributed by atoms with Crippen LogP contribution in [0.25, 0.3) is 0 Å². The molecule has 1 aromatic rings. The normalized spacial score (nSPS) is 21.2. The predicted octanol–water partition coefficient (Wildman–Crippen LogP) is 4.05. The van der Waals surface area contributed by atoms with Crippen LogP contribution in [0.3, 0.4) is 0 Å².